The Kier molecular flexibility index (Phi) is 2.47. The Balaban J connectivity index is 2.05. The fourth-order valence-electron chi connectivity index (χ4n) is 2.18. The zero-order valence-corrected chi connectivity index (χ0v) is 7.68. The van der Waals surface area contributed by atoms with Gasteiger partial charge in [-0.3, -0.25) is 5.32 Å². The summed E-state index contributed by atoms with van der Waals surface area (Å²) in [6.45, 7) is 4.17. The Morgan fingerprint density at radius 2 is 2.58 bits per heavy atom. The van der Waals surface area contributed by atoms with E-state index in [0.717, 1.165) is 19.6 Å². The molecule has 0 spiro atoms. The van der Waals surface area contributed by atoms with Crippen LogP contribution in [0.25, 0.3) is 0 Å². The first-order valence-electron chi connectivity index (χ1n) is 4.95. The fourth-order valence-corrected chi connectivity index (χ4v) is 2.18. The Morgan fingerprint density at radius 3 is 3.42 bits per heavy atom. The Morgan fingerprint density at radius 1 is 1.67 bits per heavy atom. The first kappa shape index (κ1) is 8.27. The van der Waals surface area contributed by atoms with Crippen LogP contribution in [0.4, 0.5) is 0 Å². The largest absolute Gasteiger partial charge is 0.358 e. The summed E-state index contributed by atoms with van der Waals surface area (Å²) in [6, 6.07) is 0. The minimum atomic E-state index is 0.330. The normalized spacial score (nSPS) is 38.6. The van der Waals surface area contributed by atoms with Crippen LogP contribution in [-0.4, -0.2) is 19.4 Å². The molecule has 2 rings (SSSR count). The van der Waals surface area contributed by atoms with Crippen LogP contribution in [0.15, 0.2) is 11.6 Å². The Hall–Kier alpha value is -0.340. The molecular formula is C10H17NO. The first-order valence-corrected chi connectivity index (χ1v) is 4.95. The van der Waals surface area contributed by atoms with Crippen molar-refractivity contribution in [2.24, 2.45) is 5.92 Å². The van der Waals surface area contributed by atoms with E-state index in [0.29, 0.717) is 12.1 Å². The number of fused-ring (bicyclic) bond motifs is 1. The van der Waals surface area contributed by atoms with E-state index in [1.807, 2.05) is 0 Å². The van der Waals surface area contributed by atoms with Gasteiger partial charge in [-0.1, -0.05) is 13.0 Å². The van der Waals surface area contributed by atoms with Gasteiger partial charge in [0.05, 0.1) is 6.61 Å². The molecule has 2 fully saturated rings. The van der Waals surface area contributed by atoms with Gasteiger partial charge in [-0.15, -0.1) is 0 Å². The number of piperidine rings is 1. The predicted octanol–water partition coefficient (Wildman–Crippen LogP) is 1.68. The number of allylic oxidation sites excluding steroid dienone is 1. The van der Waals surface area contributed by atoms with Crippen molar-refractivity contribution < 1.29 is 4.74 Å². The average Bonchev–Trinajstić information content (AvgIpc) is 2.50. The van der Waals surface area contributed by atoms with Gasteiger partial charge >= 0.3 is 0 Å². The first-order chi connectivity index (χ1) is 5.92. The zero-order valence-electron chi connectivity index (χ0n) is 7.68. The van der Waals surface area contributed by atoms with Gasteiger partial charge in [0.15, 0.2) is 0 Å². The van der Waals surface area contributed by atoms with Gasteiger partial charge in [0.25, 0.3) is 0 Å². The third-order valence-corrected chi connectivity index (χ3v) is 2.78. The van der Waals surface area contributed by atoms with Gasteiger partial charge in [0.1, 0.15) is 6.23 Å². The number of hydrogen-bond donors (Lipinski definition) is 1. The number of hydrogen-bond acceptors (Lipinski definition) is 2. The van der Waals surface area contributed by atoms with Crippen molar-refractivity contribution in [3.05, 3.63) is 11.6 Å². The van der Waals surface area contributed by atoms with Gasteiger partial charge in [0.2, 0.25) is 0 Å². The van der Waals surface area contributed by atoms with E-state index in [2.05, 4.69) is 18.3 Å². The van der Waals surface area contributed by atoms with Gasteiger partial charge in [-0.2, -0.15) is 0 Å². The van der Waals surface area contributed by atoms with Gasteiger partial charge in [0, 0.05) is 5.92 Å². The SMILES string of the molecule is CC/C=C1/COC2NCCCC12. The van der Waals surface area contributed by atoms with E-state index in [9.17, 15) is 0 Å². The smallest absolute Gasteiger partial charge is 0.115 e. The quantitative estimate of drug-likeness (QED) is 0.600. The molecule has 1 N–H and O–H groups in total. The van der Waals surface area contributed by atoms with Gasteiger partial charge < -0.3 is 4.74 Å². The molecule has 2 aliphatic heterocycles. The van der Waals surface area contributed by atoms with Crippen LogP contribution in [0.5, 0.6) is 0 Å². The summed E-state index contributed by atoms with van der Waals surface area (Å²) in [5, 5.41) is 3.41. The second kappa shape index (κ2) is 3.58. The van der Waals surface area contributed by atoms with Crippen LogP contribution in [0, 0.1) is 5.92 Å². The van der Waals surface area contributed by atoms with E-state index < -0.39 is 0 Å². The van der Waals surface area contributed by atoms with Crippen molar-refractivity contribution in [1.29, 1.82) is 0 Å². The van der Waals surface area contributed by atoms with E-state index in [4.69, 9.17) is 4.74 Å². The van der Waals surface area contributed by atoms with Crippen molar-refractivity contribution in [2.45, 2.75) is 32.4 Å². The van der Waals surface area contributed by atoms with Crippen molar-refractivity contribution in [3.8, 4) is 0 Å². The van der Waals surface area contributed by atoms with Crippen molar-refractivity contribution in [2.75, 3.05) is 13.2 Å². The highest BCUT2D eigenvalue weighted by Crippen LogP contribution is 2.31. The van der Waals surface area contributed by atoms with E-state index in [1.54, 1.807) is 0 Å². The molecule has 12 heavy (non-hydrogen) atoms. The molecule has 2 atom stereocenters. The molecule has 0 amide bonds. The van der Waals surface area contributed by atoms with E-state index in [-0.39, 0.29) is 0 Å². The van der Waals surface area contributed by atoms with E-state index >= 15 is 0 Å². The highest BCUT2D eigenvalue weighted by molar-refractivity contribution is 5.14. The summed E-state index contributed by atoms with van der Waals surface area (Å²) in [6.07, 6.45) is 6.41. The van der Waals surface area contributed by atoms with Crippen LogP contribution in [0.1, 0.15) is 26.2 Å². The lowest BCUT2D eigenvalue weighted by molar-refractivity contribution is 0.0477. The molecule has 2 heterocycles. The molecule has 2 saturated heterocycles. The molecule has 2 aliphatic rings. The van der Waals surface area contributed by atoms with Crippen molar-refractivity contribution in [1.82, 2.24) is 5.32 Å². The third kappa shape index (κ3) is 1.41. The molecule has 0 aromatic heterocycles. The lowest BCUT2D eigenvalue weighted by atomic mass is 9.92. The topological polar surface area (TPSA) is 21.3 Å². The molecule has 0 bridgehead atoms. The highest BCUT2D eigenvalue weighted by atomic mass is 16.5. The Labute approximate surface area is 74.0 Å². The molecule has 0 radical (unpaired) electrons. The lowest BCUT2D eigenvalue weighted by Crippen LogP contribution is -2.39. The maximum absolute atomic E-state index is 5.64. The molecule has 2 heteroatoms. The number of ether oxygens (including phenoxy) is 1. The van der Waals surface area contributed by atoms with Crippen molar-refractivity contribution >= 4 is 0 Å². The molecule has 0 aromatic rings. The molecule has 0 saturated carbocycles. The van der Waals surface area contributed by atoms with Crippen LogP contribution in [0.3, 0.4) is 0 Å². The summed E-state index contributed by atoms with van der Waals surface area (Å²) in [4.78, 5) is 0. The van der Waals surface area contributed by atoms with Gasteiger partial charge in [-0.25, -0.2) is 0 Å². The molecule has 2 nitrogen and oxygen atoms in total. The number of rotatable bonds is 1. The van der Waals surface area contributed by atoms with E-state index in [1.165, 1.54) is 18.4 Å². The molecule has 68 valence electrons. The van der Waals surface area contributed by atoms with Crippen LogP contribution < -0.4 is 5.32 Å². The average molecular weight is 167 g/mol. The highest BCUT2D eigenvalue weighted by Gasteiger charge is 2.33. The molecule has 0 aliphatic carbocycles. The summed E-state index contributed by atoms with van der Waals surface area (Å²) in [5.41, 5.74) is 1.52. The summed E-state index contributed by atoms with van der Waals surface area (Å²) in [7, 11) is 0. The zero-order chi connectivity index (χ0) is 8.39. The van der Waals surface area contributed by atoms with Crippen molar-refractivity contribution in [3.63, 3.8) is 0 Å². The maximum Gasteiger partial charge on any atom is 0.115 e. The fraction of sp³-hybridized carbons (Fsp3) is 0.800. The minimum absolute atomic E-state index is 0.330. The van der Waals surface area contributed by atoms with Gasteiger partial charge in [-0.05, 0) is 31.4 Å². The molecule has 0 aromatic carbocycles. The monoisotopic (exact) mass is 167 g/mol. The summed E-state index contributed by atoms with van der Waals surface area (Å²) < 4.78 is 5.64. The standard InChI is InChI=1S/C10H17NO/c1-2-4-8-7-12-10-9(8)5-3-6-11-10/h4,9-11H,2-3,5-7H2,1H3/b8-4-. The lowest BCUT2D eigenvalue weighted by Gasteiger charge is -2.25. The predicted molar refractivity (Wildman–Crippen MR) is 48.8 cm³/mol. The maximum atomic E-state index is 5.64. The summed E-state index contributed by atoms with van der Waals surface area (Å²) >= 11 is 0. The summed E-state index contributed by atoms with van der Waals surface area (Å²) in [5.74, 6) is 0.679. The third-order valence-electron chi connectivity index (χ3n) is 2.78. The second-order valence-corrected chi connectivity index (χ2v) is 3.62. The molecule has 2 unspecified atom stereocenters. The number of nitrogens with one attached hydrogen (secondary N) is 1. The van der Waals surface area contributed by atoms with Crippen LogP contribution in [0.2, 0.25) is 0 Å². The second-order valence-electron chi connectivity index (χ2n) is 3.62. The van der Waals surface area contributed by atoms with Crippen LogP contribution >= 0.6 is 0 Å². The van der Waals surface area contributed by atoms with Crippen LogP contribution in [-0.2, 0) is 4.74 Å². The molecular weight excluding hydrogens is 150 g/mol. The minimum Gasteiger partial charge on any atom is -0.358 e. The Bertz CT molecular complexity index is 188.